The first-order valence-corrected chi connectivity index (χ1v) is 10.9. The number of hydrogen-bond donors (Lipinski definition) is 0. The predicted molar refractivity (Wildman–Crippen MR) is 121 cm³/mol. The Labute approximate surface area is 187 Å². The van der Waals surface area contributed by atoms with Gasteiger partial charge in [-0.1, -0.05) is 32.4 Å². The van der Waals surface area contributed by atoms with Crippen molar-refractivity contribution in [3.05, 3.63) is 71.3 Å². The molecule has 4 rings (SSSR count). The van der Waals surface area contributed by atoms with E-state index in [4.69, 9.17) is 16.6 Å². The molecule has 1 unspecified atom stereocenters. The highest BCUT2D eigenvalue weighted by Crippen LogP contribution is 2.34. The van der Waals surface area contributed by atoms with Gasteiger partial charge < -0.3 is 4.90 Å². The molecule has 31 heavy (non-hydrogen) atoms. The predicted octanol–water partition coefficient (Wildman–Crippen LogP) is 4.90. The van der Waals surface area contributed by atoms with Crippen LogP contribution in [0.3, 0.4) is 0 Å². The number of carbonyl (C=O) groups is 1. The summed E-state index contributed by atoms with van der Waals surface area (Å²) < 4.78 is 0. The molecule has 1 amide bonds. The Morgan fingerprint density at radius 1 is 1.10 bits per heavy atom. The molecule has 4 heterocycles. The Morgan fingerprint density at radius 2 is 1.87 bits per heavy atom. The molecule has 0 spiro atoms. The number of likely N-dealkylation sites (tertiary alicyclic amines) is 1. The highest BCUT2D eigenvalue weighted by atomic mass is 35.5. The van der Waals surface area contributed by atoms with Crippen LogP contribution in [-0.2, 0) is 5.41 Å². The third kappa shape index (κ3) is 4.74. The number of rotatable bonds is 3. The molecule has 6 nitrogen and oxygen atoms in total. The third-order valence-electron chi connectivity index (χ3n) is 5.55. The van der Waals surface area contributed by atoms with E-state index < -0.39 is 0 Å². The third-order valence-corrected chi connectivity index (χ3v) is 5.77. The molecule has 1 atom stereocenters. The number of piperidine rings is 1. The number of hydrogen-bond acceptors (Lipinski definition) is 5. The largest absolute Gasteiger partial charge is 0.338 e. The zero-order valence-electron chi connectivity index (χ0n) is 18.0. The maximum absolute atomic E-state index is 13.1. The maximum atomic E-state index is 13.1. The van der Waals surface area contributed by atoms with Crippen molar-refractivity contribution in [2.45, 2.75) is 44.9 Å². The van der Waals surface area contributed by atoms with Gasteiger partial charge in [-0.25, -0.2) is 15.0 Å². The standard InChI is InChI=1S/C24H26ClN5O/c1-24(2,3)23-28-14-19(16-8-10-26-11-9-16)21(29-23)18-5-4-12-30(15-18)22(31)17-6-7-20(25)27-13-17/h6-11,13-14,18H,4-5,12,15H2,1-3H3. The van der Waals surface area contributed by atoms with Crippen LogP contribution < -0.4 is 0 Å². The van der Waals surface area contributed by atoms with Gasteiger partial charge >= 0.3 is 0 Å². The van der Waals surface area contributed by atoms with Crippen LogP contribution in [0.15, 0.2) is 49.1 Å². The van der Waals surface area contributed by atoms with Crippen LogP contribution in [0.25, 0.3) is 11.1 Å². The van der Waals surface area contributed by atoms with Gasteiger partial charge in [0.1, 0.15) is 11.0 Å². The van der Waals surface area contributed by atoms with Gasteiger partial charge in [-0.2, -0.15) is 0 Å². The van der Waals surface area contributed by atoms with Gasteiger partial charge in [0.25, 0.3) is 5.91 Å². The van der Waals surface area contributed by atoms with E-state index in [1.54, 1.807) is 30.7 Å². The topological polar surface area (TPSA) is 71.9 Å². The summed E-state index contributed by atoms with van der Waals surface area (Å²) in [6, 6.07) is 7.33. The number of pyridine rings is 2. The molecule has 1 aliphatic rings. The fourth-order valence-corrected chi connectivity index (χ4v) is 4.00. The fraction of sp³-hybridized carbons (Fsp3) is 0.375. The van der Waals surface area contributed by atoms with Crippen molar-refractivity contribution < 1.29 is 4.79 Å². The average molecular weight is 436 g/mol. The molecular formula is C24H26ClN5O. The van der Waals surface area contributed by atoms with Crippen LogP contribution in [-0.4, -0.2) is 43.8 Å². The van der Waals surface area contributed by atoms with Crippen molar-refractivity contribution in [2.75, 3.05) is 13.1 Å². The molecule has 160 valence electrons. The maximum Gasteiger partial charge on any atom is 0.255 e. The second-order valence-electron chi connectivity index (χ2n) is 8.94. The van der Waals surface area contributed by atoms with Crippen molar-refractivity contribution >= 4 is 17.5 Å². The zero-order chi connectivity index (χ0) is 22.0. The monoisotopic (exact) mass is 435 g/mol. The first-order valence-electron chi connectivity index (χ1n) is 10.5. The lowest BCUT2D eigenvalue weighted by Gasteiger charge is -2.34. The van der Waals surface area contributed by atoms with Gasteiger partial charge in [-0.15, -0.1) is 0 Å². The van der Waals surface area contributed by atoms with Crippen molar-refractivity contribution in [3.63, 3.8) is 0 Å². The summed E-state index contributed by atoms with van der Waals surface area (Å²) in [5.41, 5.74) is 3.43. The van der Waals surface area contributed by atoms with Crippen LogP contribution in [0.4, 0.5) is 0 Å². The van der Waals surface area contributed by atoms with Crippen LogP contribution in [0.1, 0.15) is 61.4 Å². The zero-order valence-corrected chi connectivity index (χ0v) is 18.8. The van der Waals surface area contributed by atoms with Gasteiger partial charge in [0.05, 0.1) is 11.3 Å². The summed E-state index contributed by atoms with van der Waals surface area (Å²) in [6.07, 6.45) is 8.91. The SMILES string of the molecule is CC(C)(C)c1ncc(-c2ccncc2)c(C2CCCN(C(=O)c3ccc(Cl)nc3)C2)n1. The van der Waals surface area contributed by atoms with Gasteiger partial charge in [0, 0.05) is 54.8 Å². The van der Waals surface area contributed by atoms with Crippen molar-refractivity contribution in [2.24, 2.45) is 0 Å². The molecule has 1 saturated heterocycles. The molecule has 3 aromatic heterocycles. The Morgan fingerprint density at radius 3 is 2.55 bits per heavy atom. The lowest BCUT2D eigenvalue weighted by atomic mass is 9.88. The van der Waals surface area contributed by atoms with Gasteiger partial charge in [0.2, 0.25) is 0 Å². The Hall–Kier alpha value is -2.86. The minimum absolute atomic E-state index is 0.0237. The summed E-state index contributed by atoms with van der Waals surface area (Å²) in [5, 5.41) is 0.380. The summed E-state index contributed by atoms with van der Waals surface area (Å²) >= 11 is 5.88. The van der Waals surface area contributed by atoms with E-state index in [0.717, 1.165) is 42.0 Å². The molecule has 0 saturated carbocycles. The first-order chi connectivity index (χ1) is 14.8. The van der Waals surface area contributed by atoms with Gasteiger partial charge in [-0.3, -0.25) is 9.78 Å². The smallest absolute Gasteiger partial charge is 0.255 e. The van der Waals surface area contributed by atoms with Gasteiger partial charge in [-0.05, 0) is 42.7 Å². The highest BCUT2D eigenvalue weighted by molar-refractivity contribution is 6.29. The molecule has 0 bridgehead atoms. The van der Waals surface area contributed by atoms with E-state index in [1.165, 1.54) is 0 Å². The van der Waals surface area contributed by atoms with Crippen molar-refractivity contribution in [1.29, 1.82) is 0 Å². The van der Waals surface area contributed by atoms with Crippen LogP contribution >= 0.6 is 11.6 Å². The van der Waals surface area contributed by atoms with E-state index in [0.29, 0.717) is 17.3 Å². The Bertz CT molecular complexity index is 1060. The summed E-state index contributed by atoms with van der Waals surface area (Å²) in [6.45, 7) is 7.67. The number of aromatic nitrogens is 4. The fourth-order valence-electron chi connectivity index (χ4n) is 3.89. The highest BCUT2D eigenvalue weighted by Gasteiger charge is 2.30. The molecule has 1 fully saturated rings. The summed E-state index contributed by atoms with van der Waals surface area (Å²) in [5.74, 6) is 0.917. The normalized spacial score (nSPS) is 16.9. The minimum Gasteiger partial charge on any atom is -0.338 e. The van der Waals surface area contributed by atoms with Gasteiger partial charge in [0.15, 0.2) is 0 Å². The van der Waals surface area contributed by atoms with E-state index in [-0.39, 0.29) is 17.2 Å². The second-order valence-corrected chi connectivity index (χ2v) is 9.33. The van der Waals surface area contributed by atoms with E-state index in [2.05, 4.69) is 35.7 Å². The van der Waals surface area contributed by atoms with E-state index >= 15 is 0 Å². The molecule has 1 aliphatic heterocycles. The minimum atomic E-state index is -0.162. The summed E-state index contributed by atoms with van der Waals surface area (Å²) in [4.78, 5) is 32.8. The van der Waals surface area contributed by atoms with Crippen molar-refractivity contribution in [1.82, 2.24) is 24.8 Å². The number of amides is 1. The molecule has 7 heteroatoms. The van der Waals surface area contributed by atoms with Crippen LogP contribution in [0.5, 0.6) is 0 Å². The van der Waals surface area contributed by atoms with Crippen molar-refractivity contribution in [3.8, 4) is 11.1 Å². The number of halogens is 1. The second kappa shape index (κ2) is 8.71. The molecule has 0 radical (unpaired) electrons. The molecule has 3 aromatic rings. The van der Waals surface area contributed by atoms with Crippen LogP contribution in [0, 0.1) is 0 Å². The number of nitrogens with zero attached hydrogens (tertiary/aromatic N) is 5. The quantitative estimate of drug-likeness (QED) is 0.547. The first kappa shape index (κ1) is 21.4. The molecular weight excluding hydrogens is 410 g/mol. The van der Waals surface area contributed by atoms with E-state index in [9.17, 15) is 4.79 Å². The van der Waals surface area contributed by atoms with Crippen LogP contribution in [0.2, 0.25) is 5.15 Å². The molecule has 0 aromatic carbocycles. The Balaban J connectivity index is 1.68. The lowest BCUT2D eigenvalue weighted by Crippen LogP contribution is -2.39. The number of carbonyl (C=O) groups excluding carboxylic acids is 1. The lowest BCUT2D eigenvalue weighted by molar-refractivity contribution is 0.0705. The summed E-state index contributed by atoms with van der Waals surface area (Å²) in [7, 11) is 0. The van der Waals surface area contributed by atoms with E-state index in [1.807, 2.05) is 23.2 Å². The molecule has 0 N–H and O–H groups in total. The molecule has 0 aliphatic carbocycles. The average Bonchev–Trinajstić information content (AvgIpc) is 2.79. The Kier molecular flexibility index (Phi) is 6.01.